The molecule has 0 bridgehead atoms. The van der Waals surface area contributed by atoms with Crippen LogP contribution >= 0.6 is 0 Å². The van der Waals surface area contributed by atoms with E-state index >= 15 is 0 Å². The van der Waals surface area contributed by atoms with E-state index in [0.717, 1.165) is 5.56 Å². The van der Waals surface area contributed by atoms with Crippen LogP contribution in [0.25, 0.3) is 4.85 Å². The molecule has 5 nitrogen and oxygen atoms in total. The van der Waals surface area contributed by atoms with Crippen molar-refractivity contribution in [3.63, 3.8) is 0 Å². The first-order valence-corrected chi connectivity index (χ1v) is 5.47. The molecule has 1 rings (SSSR count). The lowest BCUT2D eigenvalue weighted by Crippen LogP contribution is -2.17. The second-order valence-electron chi connectivity index (χ2n) is 3.57. The topological polar surface area (TPSA) is 59.8 Å². The van der Waals surface area contributed by atoms with E-state index in [9.17, 15) is 9.59 Å². The van der Waals surface area contributed by atoms with Crippen molar-refractivity contribution >= 4 is 11.9 Å². The Morgan fingerprint density at radius 1 is 1.33 bits per heavy atom. The zero-order valence-electron chi connectivity index (χ0n) is 10.1. The molecule has 0 saturated carbocycles. The molecule has 0 radical (unpaired) electrons. The summed E-state index contributed by atoms with van der Waals surface area (Å²) in [6.07, 6.45) is 0.111. The van der Waals surface area contributed by atoms with E-state index in [1.165, 1.54) is 0 Å². The van der Waals surface area contributed by atoms with Crippen molar-refractivity contribution in [2.75, 3.05) is 13.6 Å². The first kappa shape index (κ1) is 13.7. The Kier molecular flexibility index (Phi) is 5.39. The Hall–Kier alpha value is -2.35. The molecule has 1 aromatic carbocycles. The fourth-order valence-corrected chi connectivity index (χ4v) is 1.28. The molecule has 0 aliphatic rings. The van der Waals surface area contributed by atoms with Gasteiger partial charge < -0.3 is 14.9 Å². The van der Waals surface area contributed by atoms with Crippen LogP contribution < -0.4 is 5.32 Å². The molecule has 0 aliphatic carbocycles. The van der Waals surface area contributed by atoms with Gasteiger partial charge in [0.1, 0.15) is 13.0 Å². The second-order valence-corrected chi connectivity index (χ2v) is 3.57. The van der Waals surface area contributed by atoms with Crippen molar-refractivity contribution in [2.24, 2.45) is 0 Å². The number of benzene rings is 1. The number of amides is 1. The number of esters is 1. The number of nitrogens with zero attached hydrogens (tertiary/aromatic N) is 1. The molecule has 1 amide bonds. The highest BCUT2D eigenvalue weighted by Crippen LogP contribution is 2.06. The van der Waals surface area contributed by atoms with Crippen LogP contribution in [0.5, 0.6) is 0 Å². The van der Waals surface area contributed by atoms with E-state index in [-0.39, 0.29) is 31.4 Å². The number of hydrogen-bond donors (Lipinski definition) is 1. The number of nitrogens with one attached hydrogen (secondary N) is 1. The maximum Gasteiger partial charge on any atom is 0.313 e. The third kappa shape index (κ3) is 4.26. The SMILES string of the molecule is [C-]#[N+]CCC(=O)OCc1ccc(C(=O)NC)cc1. The minimum absolute atomic E-state index is 0.111. The van der Waals surface area contributed by atoms with Crippen LogP contribution in [-0.2, 0) is 16.1 Å². The first-order chi connectivity index (χ1) is 8.67. The number of carbonyl (C=O) groups is 2. The molecule has 0 unspecified atom stereocenters. The minimum Gasteiger partial charge on any atom is -0.461 e. The van der Waals surface area contributed by atoms with Gasteiger partial charge in [-0.15, -0.1) is 0 Å². The third-order valence-corrected chi connectivity index (χ3v) is 2.27. The lowest BCUT2D eigenvalue weighted by molar-refractivity contribution is -0.144. The van der Waals surface area contributed by atoms with Gasteiger partial charge in [0, 0.05) is 12.6 Å². The van der Waals surface area contributed by atoms with Gasteiger partial charge in [-0.05, 0) is 17.7 Å². The highest BCUT2D eigenvalue weighted by molar-refractivity contribution is 5.93. The van der Waals surface area contributed by atoms with E-state index < -0.39 is 0 Å². The molecule has 0 fully saturated rings. The van der Waals surface area contributed by atoms with Gasteiger partial charge in [0.25, 0.3) is 5.91 Å². The molecule has 94 valence electrons. The standard InChI is InChI=1S/C13H14N2O3/c1-14-8-7-12(16)18-9-10-3-5-11(6-4-10)13(17)15-2/h3-6H,7-9H2,2H3,(H,15,17). The van der Waals surface area contributed by atoms with Gasteiger partial charge in [0.05, 0.1) is 0 Å². The van der Waals surface area contributed by atoms with Gasteiger partial charge in [0.2, 0.25) is 6.54 Å². The quantitative estimate of drug-likeness (QED) is 0.631. The zero-order valence-corrected chi connectivity index (χ0v) is 10.1. The largest absolute Gasteiger partial charge is 0.461 e. The fraction of sp³-hybridized carbons (Fsp3) is 0.308. The third-order valence-electron chi connectivity index (χ3n) is 2.27. The highest BCUT2D eigenvalue weighted by atomic mass is 16.5. The Bertz CT molecular complexity index is 460. The number of ether oxygens (including phenoxy) is 1. The van der Waals surface area contributed by atoms with E-state index in [0.29, 0.717) is 5.56 Å². The molecule has 0 aromatic heterocycles. The predicted octanol–water partition coefficient (Wildman–Crippen LogP) is 1.40. The van der Waals surface area contributed by atoms with Crippen LogP contribution in [0.1, 0.15) is 22.3 Å². The summed E-state index contributed by atoms with van der Waals surface area (Å²) in [5, 5.41) is 2.52. The molecule has 1 N–H and O–H groups in total. The summed E-state index contributed by atoms with van der Waals surface area (Å²) in [5.74, 6) is -0.544. The molecule has 5 heteroatoms. The lowest BCUT2D eigenvalue weighted by atomic mass is 10.1. The molecule has 0 saturated heterocycles. The van der Waals surface area contributed by atoms with Gasteiger partial charge in [0.15, 0.2) is 0 Å². The highest BCUT2D eigenvalue weighted by Gasteiger charge is 2.06. The molecule has 0 aliphatic heterocycles. The first-order valence-electron chi connectivity index (χ1n) is 5.47. The monoisotopic (exact) mass is 246 g/mol. The van der Waals surface area contributed by atoms with Crippen molar-refractivity contribution in [2.45, 2.75) is 13.0 Å². The van der Waals surface area contributed by atoms with Gasteiger partial charge in [-0.25, -0.2) is 6.57 Å². The van der Waals surface area contributed by atoms with Crippen molar-refractivity contribution in [3.8, 4) is 0 Å². The zero-order chi connectivity index (χ0) is 13.4. The summed E-state index contributed by atoms with van der Waals surface area (Å²) in [4.78, 5) is 25.5. The Morgan fingerprint density at radius 2 is 2.00 bits per heavy atom. The molecular weight excluding hydrogens is 232 g/mol. The van der Waals surface area contributed by atoms with Gasteiger partial charge in [-0.2, -0.15) is 0 Å². The number of rotatable bonds is 5. The molecule has 0 spiro atoms. The molecule has 18 heavy (non-hydrogen) atoms. The summed E-state index contributed by atoms with van der Waals surface area (Å²) < 4.78 is 4.97. The Morgan fingerprint density at radius 3 is 2.56 bits per heavy atom. The van der Waals surface area contributed by atoms with Crippen molar-refractivity contribution in [1.82, 2.24) is 5.32 Å². The van der Waals surface area contributed by atoms with E-state index in [2.05, 4.69) is 10.2 Å². The van der Waals surface area contributed by atoms with Crippen LogP contribution in [0.15, 0.2) is 24.3 Å². The maximum atomic E-state index is 11.3. The molecule has 0 atom stereocenters. The average Bonchev–Trinajstić information content (AvgIpc) is 2.42. The smallest absolute Gasteiger partial charge is 0.313 e. The van der Waals surface area contributed by atoms with Crippen LogP contribution in [0.2, 0.25) is 0 Å². The Labute approximate surface area is 106 Å². The average molecular weight is 246 g/mol. The summed E-state index contributed by atoms with van der Waals surface area (Å²) in [6.45, 7) is 6.86. The van der Waals surface area contributed by atoms with Gasteiger partial charge in [-0.3, -0.25) is 9.59 Å². The van der Waals surface area contributed by atoms with Crippen LogP contribution in [0, 0.1) is 6.57 Å². The number of hydrogen-bond acceptors (Lipinski definition) is 3. The lowest BCUT2D eigenvalue weighted by Gasteiger charge is -2.04. The fourth-order valence-electron chi connectivity index (χ4n) is 1.28. The molecular formula is C13H14N2O3. The molecule has 1 aromatic rings. The van der Waals surface area contributed by atoms with Gasteiger partial charge >= 0.3 is 5.97 Å². The van der Waals surface area contributed by atoms with Crippen LogP contribution in [-0.4, -0.2) is 25.5 Å². The Balaban J connectivity index is 2.47. The maximum absolute atomic E-state index is 11.3. The van der Waals surface area contributed by atoms with Crippen LogP contribution in [0.3, 0.4) is 0 Å². The van der Waals surface area contributed by atoms with Crippen molar-refractivity contribution < 1.29 is 14.3 Å². The van der Waals surface area contributed by atoms with Crippen LogP contribution in [0.4, 0.5) is 0 Å². The normalized spacial score (nSPS) is 9.33. The van der Waals surface area contributed by atoms with Gasteiger partial charge in [-0.1, -0.05) is 12.1 Å². The summed E-state index contributed by atoms with van der Waals surface area (Å²) in [5.41, 5.74) is 1.36. The number of carbonyl (C=O) groups excluding carboxylic acids is 2. The molecule has 0 heterocycles. The van der Waals surface area contributed by atoms with E-state index in [1.807, 2.05) is 0 Å². The van der Waals surface area contributed by atoms with Crippen molar-refractivity contribution in [3.05, 3.63) is 46.8 Å². The van der Waals surface area contributed by atoms with Crippen molar-refractivity contribution in [1.29, 1.82) is 0 Å². The summed E-state index contributed by atoms with van der Waals surface area (Å²) in [6, 6.07) is 6.79. The minimum atomic E-state index is -0.388. The predicted molar refractivity (Wildman–Crippen MR) is 65.7 cm³/mol. The second kappa shape index (κ2) is 7.07. The summed E-state index contributed by atoms with van der Waals surface area (Å²) in [7, 11) is 1.56. The van der Waals surface area contributed by atoms with E-state index in [4.69, 9.17) is 11.3 Å². The van der Waals surface area contributed by atoms with E-state index in [1.54, 1.807) is 31.3 Å². The summed E-state index contributed by atoms with van der Waals surface area (Å²) >= 11 is 0.